The lowest BCUT2D eigenvalue weighted by atomic mass is 10.00. The maximum atomic E-state index is 5.66. The summed E-state index contributed by atoms with van der Waals surface area (Å²) in [6.07, 6.45) is 2.53. The zero-order valence-corrected chi connectivity index (χ0v) is 10.5. The Kier molecular flexibility index (Phi) is 3.73. The molecule has 2 aromatic rings. The van der Waals surface area contributed by atoms with Gasteiger partial charge >= 0.3 is 0 Å². The summed E-state index contributed by atoms with van der Waals surface area (Å²) in [5, 5.41) is 4.25. The van der Waals surface area contributed by atoms with E-state index in [0.717, 1.165) is 12.0 Å². The molecular formula is C12H16N4S. The first-order valence-corrected chi connectivity index (χ1v) is 6.34. The third kappa shape index (κ3) is 2.82. The van der Waals surface area contributed by atoms with Crippen LogP contribution in [0.4, 0.5) is 5.82 Å². The smallest absolute Gasteiger partial charge is 0.123 e. The SMILES string of the molecule is Cc1cscc1C(Cc1ccnc(N)c1)NN. The van der Waals surface area contributed by atoms with Crippen molar-refractivity contribution in [2.24, 2.45) is 5.84 Å². The first-order valence-electron chi connectivity index (χ1n) is 5.40. The van der Waals surface area contributed by atoms with Gasteiger partial charge in [-0.25, -0.2) is 4.98 Å². The topological polar surface area (TPSA) is 77.0 Å². The maximum absolute atomic E-state index is 5.66. The number of hydrogen-bond acceptors (Lipinski definition) is 5. The van der Waals surface area contributed by atoms with E-state index in [0.29, 0.717) is 5.82 Å². The van der Waals surface area contributed by atoms with Gasteiger partial charge in [0.2, 0.25) is 0 Å². The molecular weight excluding hydrogens is 232 g/mol. The molecule has 1 unspecified atom stereocenters. The summed E-state index contributed by atoms with van der Waals surface area (Å²) < 4.78 is 0. The molecule has 0 saturated heterocycles. The van der Waals surface area contributed by atoms with Gasteiger partial charge in [0.1, 0.15) is 5.82 Å². The summed E-state index contributed by atoms with van der Waals surface area (Å²) in [5.74, 6) is 6.17. The Balaban J connectivity index is 2.19. The summed E-state index contributed by atoms with van der Waals surface area (Å²) in [6, 6.07) is 3.96. The van der Waals surface area contributed by atoms with Gasteiger partial charge < -0.3 is 5.73 Å². The molecule has 0 aliphatic heterocycles. The highest BCUT2D eigenvalue weighted by Crippen LogP contribution is 2.24. The summed E-state index contributed by atoms with van der Waals surface area (Å²) in [6.45, 7) is 2.09. The molecule has 1 atom stereocenters. The van der Waals surface area contributed by atoms with Crippen molar-refractivity contribution >= 4 is 17.2 Å². The second-order valence-electron chi connectivity index (χ2n) is 4.02. The number of aryl methyl sites for hydroxylation is 1. The summed E-state index contributed by atoms with van der Waals surface area (Å²) in [4.78, 5) is 3.98. The molecule has 2 rings (SSSR count). The number of nitrogens with zero attached hydrogens (tertiary/aromatic N) is 1. The summed E-state index contributed by atoms with van der Waals surface area (Å²) in [7, 11) is 0. The van der Waals surface area contributed by atoms with E-state index in [2.05, 4.69) is 28.1 Å². The van der Waals surface area contributed by atoms with Crippen molar-refractivity contribution in [3.63, 3.8) is 0 Å². The number of nitrogen functional groups attached to an aromatic ring is 1. The molecule has 90 valence electrons. The van der Waals surface area contributed by atoms with Crippen LogP contribution in [-0.2, 0) is 6.42 Å². The Labute approximate surface area is 105 Å². The first kappa shape index (κ1) is 12.0. The molecule has 5 N–H and O–H groups in total. The number of hydrogen-bond donors (Lipinski definition) is 3. The van der Waals surface area contributed by atoms with E-state index in [9.17, 15) is 0 Å². The molecule has 0 radical (unpaired) electrons. The van der Waals surface area contributed by atoms with Gasteiger partial charge in [-0.1, -0.05) is 0 Å². The lowest BCUT2D eigenvalue weighted by molar-refractivity contribution is 0.551. The van der Waals surface area contributed by atoms with Gasteiger partial charge in [-0.3, -0.25) is 11.3 Å². The van der Waals surface area contributed by atoms with E-state index in [1.54, 1.807) is 17.5 Å². The van der Waals surface area contributed by atoms with Crippen LogP contribution in [0, 0.1) is 6.92 Å². The van der Waals surface area contributed by atoms with Crippen molar-refractivity contribution in [2.45, 2.75) is 19.4 Å². The number of aromatic nitrogens is 1. The normalized spacial score (nSPS) is 12.6. The first-order chi connectivity index (χ1) is 8.20. The van der Waals surface area contributed by atoms with Crippen molar-refractivity contribution in [3.8, 4) is 0 Å². The Hall–Kier alpha value is -1.43. The van der Waals surface area contributed by atoms with Crippen LogP contribution in [0.2, 0.25) is 0 Å². The monoisotopic (exact) mass is 248 g/mol. The number of pyridine rings is 1. The number of rotatable bonds is 4. The van der Waals surface area contributed by atoms with Crippen LogP contribution in [0.15, 0.2) is 29.1 Å². The zero-order chi connectivity index (χ0) is 12.3. The van der Waals surface area contributed by atoms with Crippen molar-refractivity contribution in [2.75, 3.05) is 5.73 Å². The lowest BCUT2D eigenvalue weighted by Gasteiger charge is -2.16. The van der Waals surface area contributed by atoms with E-state index < -0.39 is 0 Å². The quantitative estimate of drug-likeness (QED) is 0.569. The average molecular weight is 248 g/mol. The van der Waals surface area contributed by atoms with Crippen LogP contribution >= 0.6 is 11.3 Å². The third-order valence-electron chi connectivity index (χ3n) is 2.76. The van der Waals surface area contributed by atoms with Crippen molar-refractivity contribution < 1.29 is 0 Å². The van der Waals surface area contributed by atoms with Crippen LogP contribution in [0.5, 0.6) is 0 Å². The highest BCUT2D eigenvalue weighted by Gasteiger charge is 2.13. The molecule has 0 aromatic carbocycles. The predicted molar refractivity (Wildman–Crippen MR) is 71.5 cm³/mol. The maximum Gasteiger partial charge on any atom is 0.123 e. The van der Waals surface area contributed by atoms with Gasteiger partial charge in [0.05, 0.1) is 6.04 Å². The number of nitrogens with one attached hydrogen (secondary N) is 1. The van der Waals surface area contributed by atoms with Gasteiger partial charge in [-0.05, 0) is 52.9 Å². The fourth-order valence-corrected chi connectivity index (χ4v) is 2.75. The second kappa shape index (κ2) is 5.27. The molecule has 17 heavy (non-hydrogen) atoms. The minimum Gasteiger partial charge on any atom is -0.384 e. The van der Waals surface area contributed by atoms with Crippen molar-refractivity contribution in [3.05, 3.63) is 45.8 Å². The lowest BCUT2D eigenvalue weighted by Crippen LogP contribution is -2.29. The second-order valence-corrected chi connectivity index (χ2v) is 4.77. The molecule has 0 spiro atoms. The van der Waals surface area contributed by atoms with Crippen LogP contribution in [0.3, 0.4) is 0 Å². The fraction of sp³-hybridized carbons (Fsp3) is 0.250. The van der Waals surface area contributed by atoms with Crippen LogP contribution in [0.25, 0.3) is 0 Å². The molecule has 0 saturated carbocycles. The molecule has 4 nitrogen and oxygen atoms in total. The molecule has 0 aliphatic carbocycles. The molecule has 0 amide bonds. The van der Waals surface area contributed by atoms with Gasteiger partial charge in [0, 0.05) is 6.20 Å². The minimum atomic E-state index is 0.114. The number of thiophene rings is 1. The summed E-state index contributed by atoms with van der Waals surface area (Å²) in [5.41, 5.74) is 12.2. The Bertz CT molecular complexity index is 495. The highest BCUT2D eigenvalue weighted by molar-refractivity contribution is 7.08. The van der Waals surface area contributed by atoms with E-state index >= 15 is 0 Å². The van der Waals surface area contributed by atoms with Crippen LogP contribution < -0.4 is 17.0 Å². The van der Waals surface area contributed by atoms with Crippen molar-refractivity contribution in [1.29, 1.82) is 0 Å². The number of nitrogens with two attached hydrogens (primary N) is 2. The highest BCUT2D eigenvalue weighted by atomic mass is 32.1. The van der Waals surface area contributed by atoms with Gasteiger partial charge in [-0.15, -0.1) is 0 Å². The van der Waals surface area contributed by atoms with Crippen LogP contribution in [0.1, 0.15) is 22.7 Å². The van der Waals surface area contributed by atoms with Gasteiger partial charge in [0.25, 0.3) is 0 Å². The third-order valence-corrected chi connectivity index (χ3v) is 3.64. The van der Waals surface area contributed by atoms with Gasteiger partial charge in [-0.2, -0.15) is 11.3 Å². The van der Waals surface area contributed by atoms with E-state index in [1.807, 2.05) is 12.1 Å². The largest absolute Gasteiger partial charge is 0.384 e. The Morgan fingerprint density at radius 2 is 2.29 bits per heavy atom. The van der Waals surface area contributed by atoms with Gasteiger partial charge in [0.15, 0.2) is 0 Å². The minimum absolute atomic E-state index is 0.114. The fourth-order valence-electron chi connectivity index (χ4n) is 1.84. The Morgan fingerprint density at radius 3 is 2.88 bits per heavy atom. The zero-order valence-electron chi connectivity index (χ0n) is 9.68. The summed E-state index contributed by atoms with van der Waals surface area (Å²) >= 11 is 1.69. The van der Waals surface area contributed by atoms with E-state index in [1.165, 1.54) is 11.1 Å². The van der Waals surface area contributed by atoms with E-state index in [-0.39, 0.29) is 6.04 Å². The number of anilines is 1. The number of hydrazine groups is 1. The molecule has 0 aliphatic rings. The molecule has 5 heteroatoms. The Morgan fingerprint density at radius 1 is 1.47 bits per heavy atom. The van der Waals surface area contributed by atoms with E-state index in [4.69, 9.17) is 11.6 Å². The van der Waals surface area contributed by atoms with Crippen LogP contribution in [-0.4, -0.2) is 4.98 Å². The molecule has 2 heterocycles. The average Bonchev–Trinajstić information content (AvgIpc) is 2.72. The van der Waals surface area contributed by atoms with Crippen molar-refractivity contribution in [1.82, 2.24) is 10.4 Å². The standard InChI is InChI=1S/C12H16N4S/c1-8-6-17-7-10(8)11(16-14)4-9-2-3-15-12(13)5-9/h2-3,5-7,11,16H,4,14H2,1H3,(H2,13,15). The predicted octanol–water partition coefficient (Wildman–Crippen LogP) is 1.78. The molecule has 0 fully saturated rings. The molecule has 2 aromatic heterocycles. The molecule has 0 bridgehead atoms.